The molecule has 4 nitrogen and oxygen atoms in total. The first-order chi connectivity index (χ1) is 8.65. The van der Waals surface area contributed by atoms with E-state index in [-0.39, 0.29) is 0 Å². The molecule has 2 rings (SSSR count). The first-order valence-corrected chi connectivity index (χ1v) is 7.22. The first-order valence-electron chi connectivity index (χ1n) is 7.22. The molecule has 102 valence electrons. The van der Waals surface area contributed by atoms with Gasteiger partial charge in [0.05, 0.1) is 0 Å². The van der Waals surface area contributed by atoms with Crippen LogP contribution in [0.2, 0.25) is 0 Å². The van der Waals surface area contributed by atoms with E-state index < -0.39 is 0 Å². The molecule has 1 aromatic rings. The van der Waals surface area contributed by atoms with Gasteiger partial charge in [0.15, 0.2) is 0 Å². The molecule has 18 heavy (non-hydrogen) atoms. The smallest absolute Gasteiger partial charge is 0.138 e. The number of hydrogen-bond acceptors (Lipinski definition) is 3. The lowest BCUT2D eigenvalue weighted by Gasteiger charge is -2.42. The van der Waals surface area contributed by atoms with Gasteiger partial charge in [0.1, 0.15) is 12.2 Å². The maximum Gasteiger partial charge on any atom is 0.138 e. The van der Waals surface area contributed by atoms with Crippen LogP contribution in [0.25, 0.3) is 0 Å². The molecule has 0 aromatic carbocycles. The lowest BCUT2D eigenvalue weighted by Crippen LogP contribution is -2.43. The van der Waals surface area contributed by atoms with Crippen molar-refractivity contribution in [1.82, 2.24) is 20.1 Å². The van der Waals surface area contributed by atoms with Crippen LogP contribution < -0.4 is 5.32 Å². The number of rotatable bonds is 7. The third-order valence-corrected chi connectivity index (χ3v) is 4.00. The fraction of sp³-hybridized carbons (Fsp3) is 0.857. The van der Waals surface area contributed by atoms with Crippen molar-refractivity contribution >= 4 is 0 Å². The van der Waals surface area contributed by atoms with Gasteiger partial charge in [-0.1, -0.05) is 20.3 Å². The lowest BCUT2D eigenvalue weighted by molar-refractivity contribution is 0.124. The largest absolute Gasteiger partial charge is 0.316 e. The van der Waals surface area contributed by atoms with Crippen LogP contribution in [0, 0.1) is 11.3 Å². The number of nitrogens with one attached hydrogen (secondary N) is 1. The fourth-order valence-electron chi connectivity index (χ4n) is 2.74. The molecule has 0 aliphatic heterocycles. The van der Waals surface area contributed by atoms with E-state index in [0.717, 1.165) is 37.8 Å². The standard InChI is InChI=1S/C14H26N4/c1-4-18-13(16-11-17-18)8-14(6-5-7-14)10-15-9-12(2)3/h11-12,15H,4-10H2,1-3H3. The minimum absolute atomic E-state index is 0.439. The van der Waals surface area contributed by atoms with Gasteiger partial charge in [0.25, 0.3) is 0 Å². The van der Waals surface area contributed by atoms with Crippen LogP contribution in [0.4, 0.5) is 0 Å². The van der Waals surface area contributed by atoms with Gasteiger partial charge in [-0.05, 0) is 37.6 Å². The second kappa shape index (κ2) is 5.83. The monoisotopic (exact) mass is 250 g/mol. The molecule has 1 fully saturated rings. The summed E-state index contributed by atoms with van der Waals surface area (Å²) < 4.78 is 2.03. The fourth-order valence-corrected chi connectivity index (χ4v) is 2.74. The van der Waals surface area contributed by atoms with E-state index >= 15 is 0 Å². The summed E-state index contributed by atoms with van der Waals surface area (Å²) in [6.07, 6.45) is 6.78. The van der Waals surface area contributed by atoms with E-state index in [4.69, 9.17) is 0 Å². The van der Waals surface area contributed by atoms with Crippen molar-refractivity contribution in [3.8, 4) is 0 Å². The van der Waals surface area contributed by atoms with E-state index in [1.165, 1.54) is 19.3 Å². The molecule has 0 saturated heterocycles. The van der Waals surface area contributed by atoms with Gasteiger partial charge < -0.3 is 5.32 Å². The average molecular weight is 250 g/mol. The minimum Gasteiger partial charge on any atom is -0.316 e. The highest BCUT2D eigenvalue weighted by Gasteiger charge is 2.37. The Hall–Kier alpha value is -0.900. The maximum atomic E-state index is 4.42. The van der Waals surface area contributed by atoms with Gasteiger partial charge in [0, 0.05) is 19.5 Å². The van der Waals surface area contributed by atoms with Crippen LogP contribution in [0.15, 0.2) is 6.33 Å². The highest BCUT2D eigenvalue weighted by Crippen LogP contribution is 2.42. The Kier molecular flexibility index (Phi) is 4.38. The minimum atomic E-state index is 0.439. The summed E-state index contributed by atoms with van der Waals surface area (Å²) in [7, 11) is 0. The number of hydrogen-bond donors (Lipinski definition) is 1. The molecule has 1 aromatic heterocycles. The van der Waals surface area contributed by atoms with Crippen LogP contribution >= 0.6 is 0 Å². The predicted molar refractivity (Wildman–Crippen MR) is 73.4 cm³/mol. The Labute approximate surface area is 110 Å². The number of aromatic nitrogens is 3. The number of nitrogens with zero attached hydrogens (tertiary/aromatic N) is 3. The zero-order valence-corrected chi connectivity index (χ0v) is 11.9. The third-order valence-electron chi connectivity index (χ3n) is 4.00. The van der Waals surface area contributed by atoms with Crippen LogP contribution in [0.5, 0.6) is 0 Å². The van der Waals surface area contributed by atoms with Gasteiger partial charge in [0.2, 0.25) is 0 Å². The van der Waals surface area contributed by atoms with E-state index in [1.807, 2.05) is 4.68 Å². The van der Waals surface area contributed by atoms with Crippen molar-refractivity contribution in [2.75, 3.05) is 13.1 Å². The van der Waals surface area contributed by atoms with Crippen LogP contribution in [0.3, 0.4) is 0 Å². The van der Waals surface area contributed by atoms with E-state index in [0.29, 0.717) is 5.41 Å². The Balaban J connectivity index is 1.92. The molecule has 0 radical (unpaired) electrons. The summed E-state index contributed by atoms with van der Waals surface area (Å²) in [5.41, 5.74) is 0.439. The van der Waals surface area contributed by atoms with Crippen molar-refractivity contribution in [3.05, 3.63) is 12.2 Å². The molecule has 1 N–H and O–H groups in total. The van der Waals surface area contributed by atoms with Crippen molar-refractivity contribution in [3.63, 3.8) is 0 Å². The Morgan fingerprint density at radius 2 is 2.22 bits per heavy atom. The molecule has 0 bridgehead atoms. The lowest BCUT2D eigenvalue weighted by atomic mass is 9.66. The Morgan fingerprint density at radius 3 is 2.78 bits per heavy atom. The molecule has 0 amide bonds. The molecular weight excluding hydrogens is 224 g/mol. The van der Waals surface area contributed by atoms with Crippen molar-refractivity contribution in [1.29, 1.82) is 0 Å². The van der Waals surface area contributed by atoms with E-state index in [1.54, 1.807) is 6.33 Å². The molecule has 1 heterocycles. The number of aryl methyl sites for hydroxylation is 1. The topological polar surface area (TPSA) is 42.7 Å². The van der Waals surface area contributed by atoms with Gasteiger partial charge in [-0.25, -0.2) is 4.98 Å². The van der Waals surface area contributed by atoms with Gasteiger partial charge >= 0.3 is 0 Å². The molecule has 0 atom stereocenters. The average Bonchev–Trinajstić information content (AvgIpc) is 2.72. The molecular formula is C14H26N4. The van der Waals surface area contributed by atoms with Crippen molar-refractivity contribution in [2.24, 2.45) is 11.3 Å². The molecule has 0 unspecified atom stereocenters. The highest BCUT2D eigenvalue weighted by atomic mass is 15.3. The van der Waals surface area contributed by atoms with Crippen molar-refractivity contribution in [2.45, 2.75) is 53.0 Å². The zero-order chi connectivity index (χ0) is 13.0. The Morgan fingerprint density at radius 1 is 1.44 bits per heavy atom. The van der Waals surface area contributed by atoms with Gasteiger partial charge in [-0.2, -0.15) is 5.10 Å². The summed E-state index contributed by atoms with van der Waals surface area (Å²) in [5.74, 6) is 1.88. The summed E-state index contributed by atoms with van der Waals surface area (Å²) in [6, 6.07) is 0. The Bertz CT molecular complexity index is 366. The van der Waals surface area contributed by atoms with Crippen LogP contribution in [-0.4, -0.2) is 27.9 Å². The van der Waals surface area contributed by atoms with Crippen molar-refractivity contribution < 1.29 is 0 Å². The van der Waals surface area contributed by atoms with Gasteiger partial charge in [-0.15, -0.1) is 0 Å². The zero-order valence-electron chi connectivity index (χ0n) is 11.9. The first kappa shape index (κ1) is 13.5. The summed E-state index contributed by atoms with van der Waals surface area (Å²) in [5, 5.41) is 7.89. The molecule has 1 saturated carbocycles. The molecule has 4 heteroatoms. The van der Waals surface area contributed by atoms with Gasteiger partial charge in [-0.3, -0.25) is 4.68 Å². The predicted octanol–water partition coefficient (Wildman–Crippen LogP) is 2.26. The highest BCUT2D eigenvalue weighted by molar-refractivity contribution is 4.99. The maximum absolute atomic E-state index is 4.42. The van der Waals surface area contributed by atoms with Crippen LogP contribution in [0.1, 0.15) is 45.9 Å². The third kappa shape index (κ3) is 3.10. The second-order valence-corrected chi connectivity index (χ2v) is 6.05. The van der Waals surface area contributed by atoms with E-state index in [9.17, 15) is 0 Å². The van der Waals surface area contributed by atoms with E-state index in [2.05, 4.69) is 36.2 Å². The molecule has 1 aliphatic rings. The molecule has 1 aliphatic carbocycles. The molecule has 0 spiro atoms. The summed E-state index contributed by atoms with van der Waals surface area (Å²) in [6.45, 7) is 9.81. The quantitative estimate of drug-likeness (QED) is 0.807. The normalized spacial score (nSPS) is 18.0. The SMILES string of the molecule is CCn1ncnc1CC1(CNCC(C)C)CCC1. The van der Waals surface area contributed by atoms with Crippen LogP contribution in [-0.2, 0) is 13.0 Å². The summed E-state index contributed by atoms with van der Waals surface area (Å²) >= 11 is 0. The second-order valence-electron chi connectivity index (χ2n) is 6.05. The summed E-state index contributed by atoms with van der Waals surface area (Å²) in [4.78, 5) is 4.42.